The molecule has 0 unspecified atom stereocenters. The maximum absolute atomic E-state index is 11.8. The Morgan fingerprint density at radius 3 is 1.58 bits per heavy atom. The molecule has 1 aromatic rings. The SMILES string of the molecule is C/C(=N/NC(=O)c1cccc(C(=O)N/N=C(/C)C(=O)O)n1)C(=O)O. The molecule has 0 aliphatic heterocycles. The van der Waals surface area contributed by atoms with Crippen LogP contribution >= 0.6 is 0 Å². The van der Waals surface area contributed by atoms with Crippen molar-refractivity contribution in [1.29, 1.82) is 0 Å². The summed E-state index contributed by atoms with van der Waals surface area (Å²) in [4.78, 5) is 48.5. The highest BCUT2D eigenvalue weighted by Crippen LogP contribution is 2.00. The second-order valence-corrected chi connectivity index (χ2v) is 4.29. The van der Waals surface area contributed by atoms with E-state index < -0.39 is 23.8 Å². The second-order valence-electron chi connectivity index (χ2n) is 4.29. The van der Waals surface area contributed by atoms with Gasteiger partial charge in [0.15, 0.2) is 0 Å². The molecule has 0 atom stereocenters. The average Bonchev–Trinajstić information content (AvgIpc) is 2.56. The number of aliphatic carboxylic acids is 2. The highest BCUT2D eigenvalue weighted by Gasteiger charge is 2.13. The number of nitrogens with one attached hydrogen (secondary N) is 2. The largest absolute Gasteiger partial charge is 0.477 e. The highest BCUT2D eigenvalue weighted by molar-refractivity contribution is 6.35. The smallest absolute Gasteiger partial charge is 0.351 e. The van der Waals surface area contributed by atoms with Gasteiger partial charge in [-0.1, -0.05) is 6.07 Å². The fourth-order valence-corrected chi connectivity index (χ4v) is 1.17. The van der Waals surface area contributed by atoms with E-state index in [-0.39, 0.29) is 22.8 Å². The van der Waals surface area contributed by atoms with Crippen molar-refractivity contribution in [2.75, 3.05) is 0 Å². The minimum atomic E-state index is -1.30. The minimum absolute atomic E-state index is 0.191. The van der Waals surface area contributed by atoms with Crippen LogP contribution in [0.3, 0.4) is 0 Å². The van der Waals surface area contributed by atoms with E-state index >= 15 is 0 Å². The first-order valence-corrected chi connectivity index (χ1v) is 6.35. The summed E-state index contributed by atoms with van der Waals surface area (Å²) in [6.45, 7) is 2.37. The molecule has 24 heavy (non-hydrogen) atoms. The molecule has 0 aliphatic carbocycles. The van der Waals surface area contributed by atoms with Gasteiger partial charge in [0.25, 0.3) is 11.8 Å². The standard InChI is InChI=1S/C13H13N5O6/c1-6(12(21)22)15-17-10(19)8-4-3-5-9(14-8)11(20)18-16-7(2)13(23)24/h3-5H,1-2H3,(H,17,19)(H,18,20)(H,21,22)(H,23,24)/b15-6-,16-7-. The molecule has 126 valence electrons. The number of hydrogen-bond donors (Lipinski definition) is 4. The first kappa shape index (κ1) is 18.4. The van der Waals surface area contributed by atoms with E-state index in [1.54, 1.807) is 0 Å². The summed E-state index contributed by atoms with van der Waals surface area (Å²) >= 11 is 0. The van der Waals surface area contributed by atoms with Crippen molar-refractivity contribution in [3.63, 3.8) is 0 Å². The molecule has 11 heteroatoms. The number of pyridine rings is 1. The Morgan fingerprint density at radius 2 is 1.25 bits per heavy atom. The van der Waals surface area contributed by atoms with Gasteiger partial charge >= 0.3 is 11.9 Å². The zero-order valence-electron chi connectivity index (χ0n) is 12.6. The predicted octanol–water partition coefficient (Wildman–Crippen LogP) is -0.538. The molecule has 0 spiro atoms. The van der Waals surface area contributed by atoms with E-state index in [0.29, 0.717) is 0 Å². The molecule has 0 aliphatic rings. The summed E-state index contributed by atoms with van der Waals surface area (Å²) in [5.74, 6) is -4.25. The summed E-state index contributed by atoms with van der Waals surface area (Å²) in [6.07, 6.45) is 0. The van der Waals surface area contributed by atoms with Gasteiger partial charge in [0, 0.05) is 0 Å². The second kappa shape index (κ2) is 8.12. The maximum Gasteiger partial charge on any atom is 0.351 e. The lowest BCUT2D eigenvalue weighted by molar-refractivity contribution is -0.130. The average molecular weight is 335 g/mol. The molecule has 0 radical (unpaired) electrons. The Balaban J connectivity index is 2.86. The molecule has 0 fully saturated rings. The first-order chi connectivity index (χ1) is 11.2. The number of rotatable bonds is 6. The summed E-state index contributed by atoms with van der Waals surface area (Å²) in [6, 6.07) is 3.92. The van der Waals surface area contributed by atoms with Crippen LogP contribution in [-0.2, 0) is 9.59 Å². The van der Waals surface area contributed by atoms with Gasteiger partial charge in [0.05, 0.1) is 0 Å². The number of amides is 2. The van der Waals surface area contributed by atoms with Crippen molar-refractivity contribution in [2.24, 2.45) is 10.2 Å². The number of carboxylic acids is 2. The quantitative estimate of drug-likeness (QED) is 0.399. The van der Waals surface area contributed by atoms with E-state index in [1.807, 2.05) is 10.9 Å². The van der Waals surface area contributed by atoms with Gasteiger partial charge in [-0.15, -0.1) is 0 Å². The number of carbonyl (C=O) groups excluding carboxylic acids is 2. The Morgan fingerprint density at radius 1 is 0.875 bits per heavy atom. The van der Waals surface area contributed by atoms with Crippen LogP contribution in [0.15, 0.2) is 28.4 Å². The van der Waals surface area contributed by atoms with Crippen LogP contribution in [0.5, 0.6) is 0 Å². The highest BCUT2D eigenvalue weighted by atomic mass is 16.4. The zero-order chi connectivity index (χ0) is 18.3. The topological polar surface area (TPSA) is 170 Å². The zero-order valence-corrected chi connectivity index (χ0v) is 12.6. The lowest BCUT2D eigenvalue weighted by Crippen LogP contribution is -2.25. The molecule has 1 heterocycles. The van der Waals surface area contributed by atoms with Gasteiger partial charge in [0.1, 0.15) is 22.8 Å². The van der Waals surface area contributed by atoms with Gasteiger partial charge in [0.2, 0.25) is 0 Å². The molecule has 11 nitrogen and oxygen atoms in total. The van der Waals surface area contributed by atoms with E-state index in [2.05, 4.69) is 15.2 Å². The number of carboxylic acid groups (broad SMARTS) is 2. The third kappa shape index (κ3) is 5.29. The van der Waals surface area contributed by atoms with E-state index in [9.17, 15) is 19.2 Å². The summed E-state index contributed by atoms with van der Waals surface area (Å²) in [5, 5.41) is 23.9. The third-order valence-electron chi connectivity index (χ3n) is 2.48. The molecule has 4 N–H and O–H groups in total. The Labute approximate surface area is 135 Å². The molecule has 0 saturated heterocycles. The Kier molecular flexibility index (Phi) is 6.23. The molecule has 0 aromatic carbocycles. The Bertz CT molecular complexity index is 696. The molecule has 0 bridgehead atoms. The molecule has 2 amide bonds. The van der Waals surface area contributed by atoms with Crippen LogP contribution < -0.4 is 10.9 Å². The van der Waals surface area contributed by atoms with E-state index in [1.165, 1.54) is 32.0 Å². The summed E-state index contributed by atoms with van der Waals surface area (Å²) in [5.41, 5.74) is 2.90. The lowest BCUT2D eigenvalue weighted by Gasteiger charge is -2.03. The monoisotopic (exact) mass is 335 g/mol. The predicted molar refractivity (Wildman–Crippen MR) is 80.7 cm³/mol. The lowest BCUT2D eigenvalue weighted by atomic mass is 10.3. The summed E-state index contributed by atoms with van der Waals surface area (Å²) in [7, 11) is 0. The maximum atomic E-state index is 11.8. The van der Waals surface area contributed by atoms with Crippen LogP contribution in [0, 0.1) is 0 Å². The number of aromatic nitrogens is 1. The minimum Gasteiger partial charge on any atom is -0.477 e. The van der Waals surface area contributed by atoms with Gasteiger partial charge in [-0.25, -0.2) is 25.4 Å². The Hall–Kier alpha value is -3.63. The van der Waals surface area contributed by atoms with Gasteiger partial charge in [-0.3, -0.25) is 9.59 Å². The van der Waals surface area contributed by atoms with Crippen molar-refractivity contribution >= 4 is 35.2 Å². The molecule has 1 rings (SSSR count). The van der Waals surface area contributed by atoms with Gasteiger partial charge < -0.3 is 10.2 Å². The molecular formula is C13H13N5O6. The third-order valence-corrected chi connectivity index (χ3v) is 2.48. The van der Waals surface area contributed by atoms with Crippen LogP contribution in [-0.4, -0.2) is 50.4 Å². The molecular weight excluding hydrogens is 322 g/mol. The van der Waals surface area contributed by atoms with Crippen molar-refractivity contribution in [3.8, 4) is 0 Å². The molecule has 0 saturated carbocycles. The van der Waals surface area contributed by atoms with E-state index in [0.717, 1.165) is 0 Å². The fourth-order valence-electron chi connectivity index (χ4n) is 1.17. The van der Waals surface area contributed by atoms with Gasteiger partial charge in [-0.2, -0.15) is 10.2 Å². The van der Waals surface area contributed by atoms with Crippen molar-refractivity contribution in [3.05, 3.63) is 29.6 Å². The first-order valence-electron chi connectivity index (χ1n) is 6.35. The van der Waals surface area contributed by atoms with Crippen LogP contribution in [0.2, 0.25) is 0 Å². The number of hydrogen-bond acceptors (Lipinski definition) is 7. The number of carbonyl (C=O) groups is 4. The van der Waals surface area contributed by atoms with Crippen LogP contribution in [0.1, 0.15) is 34.8 Å². The summed E-state index contributed by atoms with van der Waals surface area (Å²) < 4.78 is 0. The molecule has 1 aromatic heterocycles. The fraction of sp³-hybridized carbons (Fsp3) is 0.154. The van der Waals surface area contributed by atoms with Crippen LogP contribution in [0.25, 0.3) is 0 Å². The number of nitrogens with zero attached hydrogens (tertiary/aromatic N) is 3. The van der Waals surface area contributed by atoms with Crippen molar-refractivity contribution < 1.29 is 29.4 Å². The van der Waals surface area contributed by atoms with Crippen molar-refractivity contribution in [2.45, 2.75) is 13.8 Å². The number of hydrazone groups is 2. The van der Waals surface area contributed by atoms with E-state index in [4.69, 9.17) is 10.2 Å². The normalized spacial score (nSPS) is 11.6. The van der Waals surface area contributed by atoms with Gasteiger partial charge in [-0.05, 0) is 26.0 Å². The van der Waals surface area contributed by atoms with Crippen molar-refractivity contribution in [1.82, 2.24) is 15.8 Å². The van der Waals surface area contributed by atoms with Crippen LogP contribution in [0.4, 0.5) is 0 Å².